The number of likely N-dealkylation sites (tertiary alicyclic amines) is 1. The van der Waals surface area contributed by atoms with Gasteiger partial charge in [-0.05, 0) is 56.5 Å². The summed E-state index contributed by atoms with van der Waals surface area (Å²) in [5.41, 5.74) is 12.5. The van der Waals surface area contributed by atoms with Crippen LogP contribution in [-0.2, 0) is 4.79 Å². The minimum absolute atomic E-state index is 0.213. The third kappa shape index (κ3) is 3.33. The van der Waals surface area contributed by atoms with Crippen molar-refractivity contribution in [2.24, 2.45) is 5.73 Å². The smallest absolute Gasteiger partial charge is 0.251 e. The molecule has 166 valence electrons. The second-order valence-corrected chi connectivity index (χ2v) is 8.92. The molecule has 2 aliphatic rings. The second kappa shape index (κ2) is 7.67. The van der Waals surface area contributed by atoms with Gasteiger partial charge in [0.25, 0.3) is 5.91 Å². The average Bonchev–Trinajstić information content (AvgIpc) is 3.19. The number of primary amides is 1. The molecule has 7 nitrogen and oxygen atoms in total. The standard InChI is InChI=1S/C25H28N4O3/c1-14-4-6-19-17(12-14)22(21(23(26)30)25(31)28(19)3)29-10-8-16(9-11-29)24-27-18-13-15(2)5-7-20(18)32-24/h4-7,12-13,16,25,31H,8-11H2,1-3H3,(H2,26,30). The lowest BCUT2D eigenvalue weighted by Crippen LogP contribution is -2.45. The first-order valence-electron chi connectivity index (χ1n) is 11.0. The first kappa shape index (κ1) is 20.6. The fraction of sp³-hybridized carbons (Fsp3) is 0.360. The maximum atomic E-state index is 12.4. The second-order valence-electron chi connectivity index (χ2n) is 8.92. The molecule has 0 saturated carbocycles. The van der Waals surface area contributed by atoms with Crippen LogP contribution in [0.2, 0.25) is 0 Å². The molecule has 1 unspecified atom stereocenters. The van der Waals surface area contributed by atoms with Crippen molar-refractivity contribution in [1.29, 1.82) is 0 Å². The number of aromatic nitrogens is 1. The number of nitrogens with zero attached hydrogens (tertiary/aromatic N) is 3. The summed E-state index contributed by atoms with van der Waals surface area (Å²) in [7, 11) is 1.78. The number of aliphatic hydroxyl groups is 1. The number of amides is 1. The Kier molecular flexibility index (Phi) is 4.93. The van der Waals surface area contributed by atoms with Crippen LogP contribution in [0.15, 0.2) is 46.4 Å². The van der Waals surface area contributed by atoms with Gasteiger partial charge in [-0.2, -0.15) is 0 Å². The number of carbonyl (C=O) groups excluding carboxylic acids is 1. The molecule has 2 aliphatic heterocycles. The summed E-state index contributed by atoms with van der Waals surface area (Å²) < 4.78 is 6.04. The lowest BCUT2D eigenvalue weighted by Gasteiger charge is -2.41. The molecule has 2 aromatic carbocycles. The Morgan fingerprint density at radius 3 is 2.53 bits per heavy atom. The molecule has 0 bridgehead atoms. The number of carbonyl (C=O) groups is 1. The molecular formula is C25H28N4O3. The summed E-state index contributed by atoms with van der Waals surface area (Å²) in [5, 5.41) is 10.9. The lowest BCUT2D eigenvalue weighted by molar-refractivity contribution is -0.115. The van der Waals surface area contributed by atoms with Crippen LogP contribution in [0.1, 0.15) is 41.3 Å². The van der Waals surface area contributed by atoms with Gasteiger partial charge in [-0.1, -0.05) is 17.7 Å². The van der Waals surface area contributed by atoms with E-state index in [4.69, 9.17) is 15.1 Å². The van der Waals surface area contributed by atoms with Crippen molar-refractivity contribution < 1.29 is 14.3 Å². The average molecular weight is 433 g/mol. The van der Waals surface area contributed by atoms with Crippen LogP contribution in [0.4, 0.5) is 5.69 Å². The van der Waals surface area contributed by atoms with E-state index >= 15 is 0 Å². The van der Waals surface area contributed by atoms with Crippen LogP contribution in [-0.4, -0.2) is 47.3 Å². The largest absolute Gasteiger partial charge is 0.440 e. The van der Waals surface area contributed by atoms with Crippen molar-refractivity contribution in [3.63, 3.8) is 0 Å². The molecular weight excluding hydrogens is 404 g/mol. The monoisotopic (exact) mass is 432 g/mol. The van der Waals surface area contributed by atoms with Crippen molar-refractivity contribution in [3.05, 3.63) is 64.6 Å². The van der Waals surface area contributed by atoms with E-state index < -0.39 is 12.1 Å². The summed E-state index contributed by atoms with van der Waals surface area (Å²) >= 11 is 0. The number of piperidine rings is 1. The molecule has 0 radical (unpaired) electrons. The molecule has 0 aliphatic carbocycles. The number of hydrogen-bond donors (Lipinski definition) is 2. The number of rotatable bonds is 3. The normalized spacial score (nSPS) is 19.6. The molecule has 1 aromatic heterocycles. The van der Waals surface area contributed by atoms with Gasteiger partial charge < -0.3 is 25.1 Å². The van der Waals surface area contributed by atoms with Crippen LogP contribution in [0.3, 0.4) is 0 Å². The summed E-state index contributed by atoms with van der Waals surface area (Å²) in [6.07, 6.45) is 0.610. The molecule has 1 fully saturated rings. The number of hydrogen-bond acceptors (Lipinski definition) is 6. The van der Waals surface area contributed by atoms with Gasteiger partial charge >= 0.3 is 0 Å². The van der Waals surface area contributed by atoms with E-state index in [-0.39, 0.29) is 11.5 Å². The van der Waals surface area contributed by atoms with Gasteiger partial charge in [0, 0.05) is 37.3 Å². The van der Waals surface area contributed by atoms with Gasteiger partial charge in [-0.25, -0.2) is 4.98 Å². The van der Waals surface area contributed by atoms with Crippen LogP contribution >= 0.6 is 0 Å². The lowest BCUT2D eigenvalue weighted by atomic mass is 9.91. The van der Waals surface area contributed by atoms with E-state index in [0.29, 0.717) is 0 Å². The van der Waals surface area contributed by atoms with E-state index in [0.717, 1.165) is 71.0 Å². The van der Waals surface area contributed by atoms with Gasteiger partial charge in [-0.3, -0.25) is 4.79 Å². The van der Waals surface area contributed by atoms with Gasteiger partial charge in [0.1, 0.15) is 5.52 Å². The first-order valence-corrected chi connectivity index (χ1v) is 11.0. The number of aliphatic hydroxyl groups excluding tert-OH is 1. The van der Waals surface area contributed by atoms with E-state index in [1.165, 1.54) is 0 Å². The Balaban J connectivity index is 1.46. The highest BCUT2D eigenvalue weighted by atomic mass is 16.3. The highest BCUT2D eigenvalue weighted by Crippen LogP contribution is 2.41. The predicted octanol–water partition coefficient (Wildman–Crippen LogP) is 3.29. The molecule has 7 heteroatoms. The molecule has 3 aromatic rings. The molecule has 5 rings (SSSR count). The van der Waals surface area contributed by atoms with Crippen molar-refractivity contribution in [2.75, 3.05) is 25.0 Å². The molecule has 3 N–H and O–H groups in total. The molecule has 1 saturated heterocycles. The van der Waals surface area contributed by atoms with Crippen molar-refractivity contribution in [3.8, 4) is 0 Å². The van der Waals surface area contributed by atoms with Crippen molar-refractivity contribution >= 4 is 28.4 Å². The summed E-state index contributed by atoms with van der Waals surface area (Å²) in [4.78, 5) is 21.0. The zero-order valence-corrected chi connectivity index (χ0v) is 18.6. The van der Waals surface area contributed by atoms with Crippen molar-refractivity contribution in [2.45, 2.75) is 38.8 Å². The van der Waals surface area contributed by atoms with Gasteiger partial charge in [0.05, 0.1) is 11.3 Å². The zero-order chi connectivity index (χ0) is 22.6. The minimum atomic E-state index is -1.07. The summed E-state index contributed by atoms with van der Waals surface area (Å²) in [6.45, 7) is 5.51. The quantitative estimate of drug-likeness (QED) is 0.659. The van der Waals surface area contributed by atoms with Gasteiger partial charge in [0.15, 0.2) is 17.7 Å². The number of oxazole rings is 1. The van der Waals surface area contributed by atoms with Gasteiger partial charge in [0.2, 0.25) is 0 Å². The highest BCUT2D eigenvalue weighted by molar-refractivity contribution is 6.04. The SMILES string of the molecule is Cc1ccc2c(c1)C(N1CCC(c3nc4cc(C)ccc4o3)CC1)=C(C(N)=O)C(O)N2C. The number of benzene rings is 2. The first-order chi connectivity index (χ1) is 15.3. The number of likely N-dealkylation sites (N-methyl/N-ethyl adjacent to an activating group) is 1. The molecule has 3 heterocycles. The predicted molar refractivity (Wildman–Crippen MR) is 124 cm³/mol. The molecule has 1 amide bonds. The molecule has 32 heavy (non-hydrogen) atoms. The van der Waals surface area contributed by atoms with E-state index in [9.17, 15) is 9.90 Å². The topological polar surface area (TPSA) is 95.8 Å². The summed E-state index contributed by atoms with van der Waals surface area (Å²) in [6, 6.07) is 12.1. The Hall–Kier alpha value is -3.32. The van der Waals surface area contributed by atoms with Crippen LogP contribution in [0.25, 0.3) is 16.8 Å². The van der Waals surface area contributed by atoms with E-state index in [1.54, 1.807) is 11.9 Å². The Morgan fingerprint density at radius 2 is 1.81 bits per heavy atom. The number of aryl methyl sites for hydroxylation is 2. The Labute approximate surface area is 187 Å². The number of anilines is 1. The Morgan fingerprint density at radius 1 is 1.12 bits per heavy atom. The number of nitrogens with two attached hydrogens (primary N) is 1. The van der Waals surface area contributed by atoms with Crippen LogP contribution in [0.5, 0.6) is 0 Å². The van der Waals surface area contributed by atoms with E-state index in [1.807, 2.05) is 44.2 Å². The van der Waals surface area contributed by atoms with Gasteiger partial charge in [-0.15, -0.1) is 0 Å². The fourth-order valence-electron chi connectivity index (χ4n) is 4.90. The molecule has 1 atom stereocenters. The van der Waals surface area contributed by atoms with E-state index in [2.05, 4.69) is 11.0 Å². The van der Waals surface area contributed by atoms with Crippen LogP contribution < -0.4 is 10.6 Å². The Bertz CT molecular complexity index is 1240. The maximum Gasteiger partial charge on any atom is 0.251 e. The highest BCUT2D eigenvalue weighted by Gasteiger charge is 2.37. The zero-order valence-electron chi connectivity index (χ0n) is 18.6. The fourth-order valence-corrected chi connectivity index (χ4v) is 4.90. The van der Waals surface area contributed by atoms with Crippen molar-refractivity contribution in [1.82, 2.24) is 9.88 Å². The van der Waals surface area contributed by atoms with Crippen LogP contribution in [0, 0.1) is 13.8 Å². The molecule has 0 spiro atoms. The third-order valence-electron chi connectivity index (χ3n) is 6.65. The minimum Gasteiger partial charge on any atom is -0.440 e. The number of fused-ring (bicyclic) bond motifs is 2. The third-order valence-corrected chi connectivity index (χ3v) is 6.65. The summed E-state index contributed by atoms with van der Waals surface area (Å²) in [5.74, 6) is 0.390. The maximum absolute atomic E-state index is 12.4.